The van der Waals surface area contributed by atoms with Gasteiger partial charge in [-0.05, 0) is 25.5 Å². The molecule has 0 saturated heterocycles. The lowest BCUT2D eigenvalue weighted by atomic mass is 10.1. The number of para-hydroxylation sites is 1. The largest absolute Gasteiger partial charge is 0.492 e. The number of ether oxygens (including phenoxy) is 1. The molecule has 0 aromatic heterocycles. The predicted octanol–water partition coefficient (Wildman–Crippen LogP) is 3.23. The smallest absolute Gasteiger partial charge is 0.119 e. The normalized spacial score (nSPS) is 12.4. The Hall–Kier alpha value is -1.02. The molecule has 0 amide bonds. The summed E-state index contributed by atoms with van der Waals surface area (Å²) in [5.74, 6) is 0.950. The van der Waals surface area contributed by atoms with E-state index >= 15 is 0 Å². The Morgan fingerprint density at radius 3 is 2.69 bits per heavy atom. The van der Waals surface area contributed by atoms with Crippen LogP contribution in [0.1, 0.15) is 33.1 Å². The fraction of sp³-hybridized carbons (Fsp3) is 0.571. The van der Waals surface area contributed by atoms with E-state index < -0.39 is 0 Å². The molecule has 1 atom stereocenters. The van der Waals surface area contributed by atoms with Crippen LogP contribution in [0, 0.1) is 0 Å². The summed E-state index contributed by atoms with van der Waals surface area (Å²) in [6.45, 7) is 6.11. The second-order valence-electron chi connectivity index (χ2n) is 4.16. The van der Waals surface area contributed by atoms with Crippen molar-refractivity contribution < 1.29 is 4.74 Å². The van der Waals surface area contributed by atoms with Gasteiger partial charge >= 0.3 is 0 Å². The fourth-order valence-electron chi connectivity index (χ4n) is 1.60. The lowest BCUT2D eigenvalue weighted by Crippen LogP contribution is -2.30. The minimum atomic E-state index is 0.597. The molecular formula is C14H23NO. The van der Waals surface area contributed by atoms with Crippen molar-refractivity contribution in [3.63, 3.8) is 0 Å². The second kappa shape index (κ2) is 8.17. The second-order valence-corrected chi connectivity index (χ2v) is 4.16. The molecule has 1 aromatic carbocycles. The third kappa shape index (κ3) is 5.76. The van der Waals surface area contributed by atoms with Crippen molar-refractivity contribution in [1.82, 2.24) is 5.32 Å². The summed E-state index contributed by atoms with van der Waals surface area (Å²) in [5.41, 5.74) is 0. The Balaban J connectivity index is 2.03. The van der Waals surface area contributed by atoms with Crippen LogP contribution in [0.15, 0.2) is 30.3 Å². The highest BCUT2D eigenvalue weighted by Crippen LogP contribution is 2.07. The molecule has 0 heterocycles. The van der Waals surface area contributed by atoms with E-state index in [9.17, 15) is 0 Å². The minimum Gasteiger partial charge on any atom is -0.492 e. The van der Waals surface area contributed by atoms with Gasteiger partial charge in [0.25, 0.3) is 0 Å². The summed E-state index contributed by atoms with van der Waals surface area (Å²) in [6.07, 6.45) is 3.82. The van der Waals surface area contributed by atoms with E-state index in [4.69, 9.17) is 4.74 Å². The molecule has 0 saturated carbocycles. The van der Waals surface area contributed by atoms with Gasteiger partial charge in [0.2, 0.25) is 0 Å². The maximum absolute atomic E-state index is 5.60. The lowest BCUT2D eigenvalue weighted by Gasteiger charge is -2.13. The SMILES string of the molecule is CCCCC(C)NCCOc1ccccc1. The average Bonchev–Trinajstić information content (AvgIpc) is 2.33. The van der Waals surface area contributed by atoms with Crippen LogP contribution in [0.5, 0.6) is 5.75 Å². The van der Waals surface area contributed by atoms with E-state index in [1.54, 1.807) is 0 Å². The van der Waals surface area contributed by atoms with Gasteiger partial charge in [-0.3, -0.25) is 0 Å². The Morgan fingerprint density at radius 1 is 1.25 bits per heavy atom. The number of hydrogen-bond donors (Lipinski definition) is 1. The van der Waals surface area contributed by atoms with Gasteiger partial charge in [-0.1, -0.05) is 38.0 Å². The first-order valence-corrected chi connectivity index (χ1v) is 6.24. The first kappa shape index (κ1) is 13.0. The van der Waals surface area contributed by atoms with Crippen LogP contribution < -0.4 is 10.1 Å². The highest BCUT2D eigenvalue weighted by molar-refractivity contribution is 5.20. The van der Waals surface area contributed by atoms with Gasteiger partial charge in [0, 0.05) is 12.6 Å². The summed E-state index contributed by atoms with van der Waals surface area (Å²) in [7, 11) is 0. The van der Waals surface area contributed by atoms with Crippen molar-refractivity contribution in [2.45, 2.75) is 39.2 Å². The minimum absolute atomic E-state index is 0.597. The van der Waals surface area contributed by atoms with Crippen LogP contribution >= 0.6 is 0 Å². The van der Waals surface area contributed by atoms with Gasteiger partial charge < -0.3 is 10.1 Å². The summed E-state index contributed by atoms with van der Waals surface area (Å²) in [6, 6.07) is 10.6. The summed E-state index contributed by atoms with van der Waals surface area (Å²) < 4.78 is 5.60. The Labute approximate surface area is 99.0 Å². The Kier molecular flexibility index (Phi) is 6.66. The van der Waals surface area contributed by atoms with Crippen LogP contribution in [0.25, 0.3) is 0 Å². The average molecular weight is 221 g/mol. The molecule has 1 aromatic rings. The first-order valence-electron chi connectivity index (χ1n) is 6.24. The van der Waals surface area contributed by atoms with E-state index in [0.29, 0.717) is 6.04 Å². The highest BCUT2D eigenvalue weighted by Gasteiger charge is 1.99. The van der Waals surface area contributed by atoms with Gasteiger partial charge in [-0.25, -0.2) is 0 Å². The number of rotatable bonds is 8. The van der Waals surface area contributed by atoms with Crippen LogP contribution in [-0.4, -0.2) is 19.2 Å². The summed E-state index contributed by atoms with van der Waals surface area (Å²) in [5, 5.41) is 3.46. The highest BCUT2D eigenvalue weighted by atomic mass is 16.5. The molecule has 0 aliphatic carbocycles. The Morgan fingerprint density at radius 2 is 2.00 bits per heavy atom. The van der Waals surface area contributed by atoms with Crippen molar-refractivity contribution in [2.24, 2.45) is 0 Å². The van der Waals surface area contributed by atoms with Gasteiger partial charge in [0.15, 0.2) is 0 Å². The molecule has 1 rings (SSSR count). The summed E-state index contributed by atoms with van der Waals surface area (Å²) in [4.78, 5) is 0. The molecule has 1 N–H and O–H groups in total. The van der Waals surface area contributed by atoms with Crippen LogP contribution in [0.3, 0.4) is 0 Å². The quantitative estimate of drug-likeness (QED) is 0.680. The third-order valence-electron chi connectivity index (χ3n) is 2.60. The van der Waals surface area contributed by atoms with Gasteiger partial charge in [-0.15, -0.1) is 0 Å². The van der Waals surface area contributed by atoms with E-state index in [1.807, 2.05) is 30.3 Å². The molecule has 0 radical (unpaired) electrons. The topological polar surface area (TPSA) is 21.3 Å². The molecule has 2 nitrogen and oxygen atoms in total. The molecule has 0 bridgehead atoms. The summed E-state index contributed by atoms with van der Waals surface area (Å²) >= 11 is 0. The zero-order chi connectivity index (χ0) is 11.6. The van der Waals surface area contributed by atoms with E-state index in [1.165, 1.54) is 19.3 Å². The zero-order valence-corrected chi connectivity index (χ0v) is 10.4. The molecule has 0 aliphatic rings. The van der Waals surface area contributed by atoms with Crippen LogP contribution in [0.2, 0.25) is 0 Å². The number of hydrogen-bond acceptors (Lipinski definition) is 2. The van der Waals surface area contributed by atoms with Crippen LogP contribution in [0.4, 0.5) is 0 Å². The fourth-order valence-corrected chi connectivity index (χ4v) is 1.60. The van der Waals surface area contributed by atoms with Gasteiger partial charge in [0.1, 0.15) is 12.4 Å². The molecule has 2 heteroatoms. The molecule has 0 fully saturated rings. The molecular weight excluding hydrogens is 198 g/mol. The molecule has 0 spiro atoms. The van der Waals surface area contributed by atoms with Gasteiger partial charge in [-0.2, -0.15) is 0 Å². The number of benzene rings is 1. The number of unbranched alkanes of at least 4 members (excludes halogenated alkanes) is 1. The zero-order valence-electron chi connectivity index (χ0n) is 10.4. The lowest BCUT2D eigenvalue weighted by molar-refractivity contribution is 0.304. The first-order chi connectivity index (χ1) is 7.83. The maximum Gasteiger partial charge on any atom is 0.119 e. The van der Waals surface area contributed by atoms with Crippen molar-refractivity contribution in [2.75, 3.05) is 13.2 Å². The molecule has 0 aliphatic heterocycles. The van der Waals surface area contributed by atoms with Crippen molar-refractivity contribution in [3.05, 3.63) is 30.3 Å². The standard InChI is InChI=1S/C14H23NO/c1-3-4-8-13(2)15-11-12-16-14-9-6-5-7-10-14/h5-7,9-10,13,15H,3-4,8,11-12H2,1-2H3. The maximum atomic E-state index is 5.60. The van der Waals surface area contributed by atoms with E-state index in [2.05, 4.69) is 19.2 Å². The van der Waals surface area contributed by atoms with Crippen molar-refractivity contribution >= 4 is 0 Å². The number of nitrogens with one attached hydrogen (secondary N) is 1. The molecule has 16 heavy (non-hydrogen) atoms. The Bertz CT molecular complexity index is 261. The predicted molar refractivity (Wildman–Crippen MR) is 68.9 cm³/mol. The van der Waals surface area contributed by atoms with Crippen LogP contribution in [-0.2, 0) is 0 Å². The van der Waals surface area contributed by atoms with E-state index in [0.717, 1.165) is 18.9 Å². The molecule has 1 unspecified atom stereocenters. The monoisotopic (exact) mass is 221 g/mol. The molecule has 90 valence electrons. The third-order valence-corrected chi connectivity index (χ3v) is 2.60. The van der Waals surface area contributed by atoms with E-state index in [-0.39, 0.29) is 0 Å². The van der Waals surface area contributed by atoms with Gasteiger partial charge in [0.05, 0.1) is 0 Å². The van der Waals surface area contributed by atoms with Crippen molar-refractivity contribution in [1.29, 1.82) is 0 Å². The van der Waals surface area contributed by atoms with Crippen molar-refractivity contribution in [3.8, 4) is 5.75 Å².